The normalized spacial score (nSPS) is 24.1. The van der Waals surface area contributed by atoms with E-state index in [4.69, 9.17) is 34.8 Å². The van der Waals surface area contributed by atoms with E-state index in [-0.39, 0.29) is 65.7 Å². The SMILES string of the molecule is C[C@@H](O)[C@@H]1NC(=O)[C@H](Cc2ccc(Cl)cc2)N(C)C(=O)[C@H](Cc2cccc(Cl)c2)NC(=O)[C@H](CC2=CCc3ccccc32)NC(=O)[C@H](CCS(C)(=O)=O)NC(=O)[C@H](Cc2ccccc2)N(C)C(=O)[C@H](CCS(C)(=O)=O)CC(=O)[C@H](CCS(C)(=O)=O)CC(=O)[C@H](CO)CC(=O)C[C@@H](C(=O)N2CCC[C@H]2C(=O)O)NC(=O)[C@H](Cc2cccc(Cl)c2)NC1=O. The van der Waals surface area contributed by atoms with Crippen LogP contribution in [-0.2, 0) is 124 Å². The molecule has 37 heteroatoms. The van der Waals surface area contributed by atoms with Crippen molar-refractivity contribution in [2.75, 3.05) is 63.3 Å². The Balaban J connectivity index is 1.30. The van der Waals surface area contributed by atoms with Crippen LogP contribution in [0.15, 0.2) is 133 Å². The number of nitrogens with zero attached hydrogens (tertiary/aromatic N) is 3. The number of benzene rings is 5. The molecule has 2 heterocycles. The number of fused-ring (bicyclic) bond motifs is 1. The second kappa shape index (κ2) is 43.8. The number of carboxylic acid groups (broad SMARTS) is 1. The summed E-state index contributed by atoms with van der Waals surface area (Å²) in [6.45, 7) is -0.215. The molecule has 2 saturated heterocycles. The zero-order valence-corrected chi connectivity index (χ0v) is 72.4. The van der Waals surface area contributed by atoms with Crippen LogP contribution in [0.5, 0.6) is 0 Å². The van der Waals surface area contributed by atoms with Crippen LogP contribution in [0, 0.1) is 17.8 Å². The lowest BCUT2D eigenvalue weighted by atomic mass is 9.84. The van der Waals surface area contributed by atoms with E-state index in [0.29, 0.717) is 34.2 Å². The van der Waals surface area contributed by atoms with Crippen molar-refractivity contribution in [3.8, 4) is 0 Å². The maximum absolute atomic E-state index is 15.9. The van der Waals surface area contributed by atoms with Crippen LogP contribution < -0.4 is 31.9 Å². The van der Waals surface area contributed by atoms with Crippen molar-refractivity contribution < 1.29 is 103 Å². The molecular formula is C84H102Cl3N9O22S3. The minimum atomic E-state index is -4.02. The summed E-state index contributed by atoms with van der Waals surface area (Å²) in [6, 6.07) is 17.1. The lowest BCUT2D eigenvalue weighted by molar-refractivity contribution is -0.150. The number of hydrogen-bond acceptors (Lipinski definition) is 21. The summed E-state index contributed by atoms with van der Waals surface area (Å²) < 4.78 is 78.3. The number of carbonyl (C=O) groups excluding carboxylic acids is 12. The first-order valence-corrected chi connectivity index (χ1v) is 46.6. The van der Waals surface area contributed by atoms with Crippen LogP contribution in [0.1, 0.15) is 105 Å². The van der Waals surface area contributed by atoms with E-state index in [1.54, 1.807) is 66.7 Å². The summed E-state index contributed by atoms with van der Waals surface area (Å²) in [4.78, 5) is 198. The number of Topliss-reactive ketones (excluding diaryl/α,β-unsaturated/α-hetero) is 3. The number of halogens is 3. The van der Waals surface area contributed by atoms with Gasteiger partial charge in [0.2, 0.25) is 53.2 Å². The number of carbonyl (C=O) groups is 13. The number of sulfone groups is 3. The summed E-state index contributed by atoms with van der Waals surface area (Å²) in [5, 5.41) is 49.1. The van der Waals surface area contributed by atoms with Gasteiger partial charge in [0, 0.05) is 130 Å². The number of carboxylic acids is 1. The van der Waals surface area contributed by atoms with E-state index in [1.807, 2.05) is 6.07 Å². The molecule has 9 N–H and O–H groups in total. The number of likely N-dealkylation sites (N-methyl/N-ethyl adjacent to an activating group) is 2. The Labute approximate surface area is 718 Å². The largest absolute Gasteiger partial charge is 0.480 e. The van der Waals surface area contributed by atoms with Crippen molar-refractivity contribution in [3.63, 3.8) is 0 Å². The molecule has 0 saturated carbocycles. The van der Waals surface area contributed by atoms with Crippen molar-refractivity contribution in [1.82, 2.24) is 46.6 Å². The molecule has 0 aromatic heterocycles. The van der Waals surface area contributed by atoms with Gasteiger partial charge in [-0.05, 0) is 121 Å². The average molecular weight is 1790 g/mol. The molecule has 0 radical (unpaired) electrons. The molecule has 3 aliphatic rings. The van der Waals surface area contributed by atoms with Gasteiger partial charge in [0.05, 0.1) is 30.0 Å². The molecule has 121 heavy (non-hydrogen) atoms. The lowest BCUT2D eigenvalue weighted by Gasteiger charge is -2.34. The van der Waals surface area contributed by atoms with E-state index in [0.717, 1.165) is 53.0 Å². The number of aliphatic hydroxyl groups excluding tert-OH is 2. The summed E-state index contributed by atoms with van der Waals surface area (Å²) >= 11 is 19.3. The zero-order valence-electron chi connectivity index (χ0n) is 67.6. The van der Waals surface area contributed by atoms with E-state index in [9.17, 15) is 59.8 Å². The van der Waals surface area contributed by atoms with Gasteiger partial charge in [-0.2, -0.15) is 0 Å². The van der Waals surface area contributed by atoms with E-state index in [1.165, 1.54) is 67.7 Å². The molecule has 1 aliphatic carbocycles. The minimum absolute atomic E-state index is 0.0666. The Morgan fingerprint density at radius 2 is 0.967 bits per heavy atom. The van der Waals surface area contributed by atoms with Gasteiger partial charge in [-0.25, -0.2) is 30.0 Å². The molecule has 654 valence electrons. The van der Waals surface area contributed by atoms with Gasteiger partial charge in [0.1, 0.15) is 101 Å². The molecule has 8 rings (SSSR count). The molecule has 13 atom stereocenters. The highest BCUT2D eigenvalue weighted by atomic mass is 35.5. The highest BCUT2D eigenvalue weighted by molar-refractivity contribution is 7.91. The lowest BCUT2D eigenvalue weighted by Crippen LogP contribution is -2.62. The Morgan fingerprint density at radius 3 is 1.55 bits per heavy atom. The monoisotopic (exact) mass is 1790 g/mol. The molecule has 5 aromatic rings. The molecular weight excluding hydrogens is 1690 g/mol. The third kappa shape index (κ3) is 29.2. The van der Waals surface area contributed by atoms with Crippen molar-refractivity contribution in [1.29, 1.82) is 0 Å². The van der Waals surface area contributed by atoms with Crippen LogP contribution >= 0.6 is 34.8 Å². The number of amides is 9. The highest BCUT2D eigenvalue weighted by Gasteiger charge is 2.44. The fourth-order valence-corrected chi connectivity index (χ4v) is 17.5. The fourth-order valence-electron chi connectivity index (χ4n) is 14.9. The molecule has 5 aromatic carbocycles. The first-order valence-electron chi connectivity index (χ1n) is 39.3. The number of hydrogen-bond donors (Lipinski definition) is 9. The van der Waals surface area contributed by atoms with Gasteiger partial charge in [0.15, 0.2) is 0 Å². The number of aliphatic hydroxyl groups is 2. The fraction of sp³-hybridized carbons (Fsp3) is 0.464. The van der Waals surface area contributed by atoms with Crippen LogP contribution in [0.3, 0.4) is 0 Å². The zero-order chi connectivity index (χ0) is 89.0. The Morgan fingerprint density at radius 1 is 0.488 bits per heavy atom. The second-order valence-corrected chi connectivity index (χ2v) is 39.4. The maximum Gasteiger partial charge on any atom is 0.326 e. The van der Waals surface area contributed by atoms with E-state index in [2.05, 4.69) is 31.9 Å². The molecule has 2 aliphatic heterocycles. The van der Waals surface area contributed by atoms with Crippen molar-refractivity contribution in [2.45, 2.75) is 164 Å². The number of likely N-dealkylation sites (tertiary alicyclic amines) is 1. The Kier molecular flexibility index (Phi) is 35.0. The predicted octanol–water partition coefficient (Wildman–Crippen LogP) is 3.39. The van der Waals surface area contributed by atoms with Gasteiger partial charge < -0.3 is 61.9 Å². The predicted molar refractivity (Wildman–Crippen MR) is 451 cm³/mol. The third-order valence-corrected chi connectivity index (χ3v) is 25.3. The first kappa shape index (κ1) is 96.6. The standard InChI is InChI=1S/C84H102Cl3N9O22S3/c1-49(98)74-80(107)90-65(39-52-17-12-20-60(86)37-52)76(103)92-68(83(110)96-33-14-23-69(96)84(111)112)47-62(99)43-58(48-97)73(101)45-56(30-34-119(4,113)114)72(100)46-57(31-35-120(5,115)116)81(108)94(2)70(41-50-15-8-7-9-16-50)78(105)88-64(32-36-121(6,117)118)75(102)89-66(44-55-27-26-54-19-10-11-22-63(54)55)77(104)91-67(40-53-18-13-21-61(87)38-53)82(109)95(3)71(79(106)93-74)42-51-24-28-59(85)29-25-51/h7-13,15-22,24-25,27-29,37-38,49,56-58,64-71,74,97-98H,14,23,26,30-36,39-48H2,1-6H3,(H,88,105)(H,89,102)(H,90,107)(H,91,104)(H,92,103)(H,93,106)(H,111,112)/t49-,56-,57-,58+,64+,65+,66+,67+,68+,69+,70+,71+,74+/m1/s1. The number of rotatable bonds is 23. The van der Waals surface area contributed by atoms with Crippen molar-refractivity contribution in [2.24, 2.45) is 17.8 Å². The van der Waals surface area contributed by atoms with Gasteiger partial charge >= 0.3 is 5.97 Å². The van der Waals surface area contributed by atoms with Gasteiger partial charge in [0.25, 0.3) is 0 Å². The van der Waals surface area contributed by atoms with Crippen LogP contribution in [0.4, 0.5) is 0 Å². The van der Waals surface area contributed by atoms with Crippen LogP contribution in [-0.4, -0.2) is 256 Å². The highest BCUT2D eigenvalue weighted by Crippen LogP contribution is 2.32. The minimum Gasteiger partial charge on any atom is -0.480 e. The molecule has 0 spiro atoms. The summed E-state index contributed by atoms with van der Waals surface area (Å²) in [6.07, 6.45) is -4.82. The van der Waals surface area contributed by atoms with Gasteiger partial charge in [-0.3, -0.25) is 57.5 Å². The average Bonchev–Trinajstić information content (AvgIpc) is 1.47. The van der Waals surface area contributed by atoms with E-state index >= 15 is 43.2 Å². The Bertz CT molecular complexity index is 5060. The molecule has 9 amide bonds. The molecule has 0 unspecified atom stereocenters. The third-order valence-electron chi connectivity index (χ3n) is 21.6. The van der Waals surface area contributed by atoms with Gasteiger partial charge in [-0.15, -0.1) is 0 Å². The quantitative estimate of drug-likeness (QED) is 0.0452. The molecule has 0 bridgehead atoms. The molecule has 31 nitrogen and oxygen atoms in total. The topological polar surface area (TPSA) is 467 Å². The summed E-state index contributed by atoms with van der Waals surface area (Å²) in [7, 11) is -9.67. The summed E-state index contributed by atoms with van der Waals surface area (Å²) in [5.74, 6) is -22.1. The van der Waals surface area contributed by atoms with Crippen molar-refractivity contribution in [3.05, 3.63) is 182 Å². The number of ketones is 3. The number of allylic oxidation sites excluding steroid dienone is 1. The first-order chi connectivity index (χ1) is 56.9. The number of aliphatic carboxylic acids is 1. The maximum atomic E-state index is 15.9. The van der Waals surface area contributed by atoms with Crippen LogP contribution in [0.2, 0.25) is 15.1 Å². The van der Waals surface area contributed by atoms with E-state index < -0.39 is 259 Å². The Hall–Kier alpha value is -9.81. The smallest absolute Gasteiger partial charge is 0.326 e. The summed E-state index contributed by atoms with van der Waals surface area (Å²) in [5.41, 5.74) is 3.37. The number of nitrogens with one attached hydrogen (secondary N) is 6. The van der Waals surface area contributed by atoms with Crippen LogP contribution in [0.25, 0.3) is 5.57 Å². The van der Waals surface area contributed by atoms with Gasteiger partial charge in [-0.1, -0.05) is 132 Å². The van der Waals surface area contributed by atoms with Crippen molar-refractivity contribution >= 4 is 146 Å². The second-order valence-electron chi connectivity index (χ2n) is 31.3. The molecule has 2 fully saturated rings.